The number of unbranched alkanes of at least 4 members (excludes halogenated alkanes) is 2. The van der Waals surface area contributed by atoms with Gasteiger partial charge < -0.3 is 29.2 Å². The number of aromatic carboxylic acids is 1. The number of phenols is 1. The molecule has 3 heterocycles. The first-order valence-corrected chi connectivity index (χ1v) is 13.7. The molecule has 9 nitrogen and oxygen atoms in total. The maximum atomic E-state index is 13.3. The van der Waals surface area contributed by atoms with E-state index in [2.05, 4.69) is 6.92 Å². The number of esters is 1. The summed E-state index contributed by atoms with van der Waals surface area (Å²) in [4.78, 5) is 37.8. The number of ketones is 1. The first-order chi connectivity index (χ1) is 18.0. The summed E-state index contributed by atoms with van der Waals surface area (Å²) in [7, 11) is 1.27. The van der Waals surface area contributed by atoms with E-state index >= 15 is 0 Å². The van der Waals surface area contributed by atoms with Crippen LogP contribution in [0.1, 0.15) is 100 Å². The number of hydrogen-bond acceptors (Lipinski definition) is 8. The lowest BCUT2D eigenvalue weighted by Gasteiger charge is -2.46. The van der Waals surface area contributed by atoms with Crippen molar-refractivity contribution in [3.05, 3.63) is 22.8 Å². The minimum Gasteiger partial charge on any atom is -0.507 e. The summed E-state index contributed by atoms with van der Waals surface area (Å²) in [5.74, 6) is -4.13. The molecule has 210 valence electrons. The Balaban J connectivity index is 1.65. The van der Waals surface area contributed by atoms with Crippen molar-refractivity contribution in [1.82, 2.24) is 0 Å². The molecule has 6 atom stereocenters. The Morgan fingerprint density at radius 1 is 1.24 bits per heavy atom. The third-order valence-corrected chi connectivity index (χ3v) is 8.95. The standard InChI is InChI=1S/C29H40O9/c1-6-8-9-10-19-11-17-12-20(30)24(26(32)33)25-23(17)21(37-19)14-29(38-25)16(3)18(15-36-29)13-22(31)28(4,7-2)27(34)35-5/h12,16,18-19,21,30H,6-11,13-15H2,1-5H3,(H,32,33)/t16-,18+,19+,21-,28+,29-/m1/s1. The Kier molecular flexibility index (Phi) is 8.09. The normalized spacial score (nSPS) is 29.3. The van der Waals surface area contributed by atoms with Crippen molar-refractivity contribution in [2.75, 3.05) is 13.7 Å². The molecule has 0 aliphatic carbocycles. The topological polar surface area (TPSA) is 129 Å². The van der Waals surface area contributed by atoms with E-state index in [-0.39, 0.29) is 53.8 Å². The summed E-state index contributed by atoms with van der Waals surface area (Å²) in [6.45, 7) is 7.65. The Labute approximate surface area is 223 Å². The van der Waals surface area contributed by atoms with E-state index < -0.39 is 29.2 Å². The minimum atomic E-state index is -1.30. The van der Waals surface area contributed by atoms with Crippen molar-refractivity contribution in [3.8, 4) is 11.5 Å². The van der Waals surface area contributed by atoms with Gasteiger partial charge in [-0.05, 0) is 43.7 Å². The summed E-state index contributed by atoms with van der Waals surface area (Å²) in [6.07, 6.45) is 4.88. The van der Waals surface area contributed by atoms with Gasteiger partial charge in [-0.25, -0.2) is 4.79 Å². The molecule has 1 fully saturated rings. The first kappa shape index (κ1) is 28.4. The molecule has 0 saturated carbocycles. The number of ether oxygens (including phenoxy) is 4. The highest BCUT2D eigenvalue weighted by atomic mass is 16.7. The van der Waals surface area contributed by atoms with Crippen LogP contribution in [0.25, 0.3) is 0 Å². The number of carbonyl (C=O) groups is 3. The van der Waals surface area contributed by atoms with Crippen LogP contribution in [0.15, 0.2) is 6.07 Å². The largest absolute Gasteiger partial charge is 0.507 e. The molecule has 3 aliphatic rings. The van der Waals surface area contributed by atoms with Crippen molar-refractivity contribution >= 4 is 17.7 Å². The van der Waals surface area contributed by atoms with Gasteiger partial charge in [0, 0.05) is 24.3 Å². The van der Waals surface area contributed by atoms with Crippen LogP contribution in [0.3, 0.4) is 0 Å². The zero-order valence-electron chi connectivity index (χ0n) is 23.0. The minimum absolute atomic E-state index is 0.0588. The van der Waals surface area contributed by atoms with Crippen LogP contribution in [0, 0.1) is 17.3 Å². The number of rotatable bonds is 10. The molecule has 38 heavy (non-hydrogen) atoms. The van der Waals surface area contributed by atoms with E-state index in [1.807, 2.05) is 6.92 Å². The van der Waals surface area contributed by atoms with Gasteiger partial charge >= 0.3 is 11.9 Å². The van der Waals surface area contributed by atoms with Gasteiger partial charge in [-0.1, -0.05) is 40.0 Å². The predicted molar refractivity (Wildman–Crippen MR) is 137 cm³/mol. The zero-order valence-corrected chi connectivity index (χ0v) is 23.0. The van der Waals surface area contributed by atoms with Gasteiger partial charge in [0.15, 0.2) is 0 Å². The number of methoxy groups -OCH3 is 1. The fourth-order valence-electron chi connectivity index (χ4n) is 6.19. The number of aromatic hydroxyl groups is 1. The van der Waals surface area contributed by atoms with Crippen molar-refractivity contribution in [2.24, 2.45) is 17.3 Å². The third-order valence-electron chi connectivity index (χ3n) is 8.95. The van der Waals surface area contributed by atoms with Crippen LogP contribution in [-0.4, -0.2) is 53.5 Å². The Morgan fingerprint density at radius 3 is 2.61 bits per heavy atom. The second-order valence-corrected chi connectivity index (χ2v) is 11.2. The molecule has 1 spiro atoms. The van der Waals surface area contributed by atoms with E-state index in [4.69, 9.17) is 18.9 Å². The van der Waals surface area contributed by atoms with E-state index in [9.17, 15) is 24.6 Å². The Morgan fingerprint density at radius 2 is 1.97 bits per heavy atom. The lowest BCUT2D eigenvalue weighted by atomic mass is 9.75. The lowest BCUT2D eigenvalue weighted by molar-refractivity contribution is -0.214. The summed E-state index contributed by atoms with van der Waals surface area (Å²) in [6, 6.07) is 1.53. The molecule has 0 bridgehead atoms. The van der Waals surface area contributed by atoms with Gasteiger partial charge in [0.25, 0.3) is 0 Å². The van der Waals surface area contributed by atoms with E-state index in [1.165, 1.54) is 13.2 Å². The van der Waals surface area contributed by atoms with Gasteiger partial charge in [0.1, 0.15) is 28.3 Å². The zero-order chi connectivity index (χ0) is 27.8. The van der Waals surface area contributed by atoms with Gasteiger partial charge in [-0.2, -0.15) is 0 Å². The highest BCUT2D eigenvalue weighted by Crippen LogP contribution is 2.56. The van der Waals surface area contributed by atoms with Gasteiger partial charge in [-0.15, -0.1) is 0 Å². The van der Waals surface area contributed by atoms with Gasteiger partial charge in [0.05, 0.1) is 25.9 Å². The van der Waals surface area contributed by atoms with Gasteiger partial charge in [0.2, 0.25) is 5.79 Å². The summed E-state index contributed by atoms with van der Waals surface area (Å²) in [5.41, 5.74) is -0.0542. The molecule has 1 aromatic carbocycles. The smallest absolute Gasteiger partial charge is 0.343 e. The quantitative estimate of drug-likeness (QED) is 0.244. The molecule has 2 N–H and O–H groups in total. The molecule has 1 aromatic rings. The summed E-state index contributed by atoms with van der Waals surface area (Å²) < 4.78 is 24.1. The fraction of sp³-hybridized carbons (Fsp3) is 0.690. The number of carbonyl (C=O) groups excluding carboxylic acids is 2. The molecule has 0 radical (unpaired) electrons. The van der Waals surface area contributed by atoms with Crippen molar-refractivity contribution in [1.29, 1.82) is 0 Å². The first-order valence-electron chi connectivity index (χ1n) is 13.7. The van der Waals surface area contributed by atoms with Crippen molar-refractivity contribution < 1.29 is 43.5 Å². The van der Waals surface area contributed by atoms with Crippen LogP contribution in [0.5, 0.6) is 11.5 Å². The molecule has 0 amide bonds. The lowest BCUT2D eigenvalue weighted by Crippen LogP contribution is -2.48. The molecular formula is C29H40O9. The summed E-state index contributed by atoms with van der Waals surface area (Å²) >= 11 is 0. The van der Waals surface area contributed by atoms with Crippen LogP contribution < -0.4 is 4.74 Å². The number of benzene rings is 1. The van der Waals surface area contributed by atoms with Crippen molar-refractivity contribution in [3.63, 3.8) is 0 Å². The average molecular weight is 533 g/mol. The monoisotopic (exact) mass is 532 g/mol. The third kappa shape index (κ3) is 4.79. The van der Waals surface area contributed by atoms with Crippen LogP contribution >= 0.6 is 0 Å². The highest BCUT2D eigenvalue weighted by Gasteiger charge is 2.57. The Hall–Kier alpha value is -2.65. The molecule has 4 rings (SSSR count). The van der Waals surface area contributed by atoms with E-state index in [0.29, 0.717) is 24.8 Å². The van der Waals surface area contributed by atoms with Gasteiger partial charge in [-0.3, -0.25) is 9.59 Å². The highest BCUT2D eigenvalue weighted by molar-refractivity contribution is 6.03. The van der Waals surface area contributed by atoms with E-state index in [1.54, 1.807) is 13.8 Å². The van der Waals surface area contributed by atoms with Crippen molar-refractivity contribution in [2.45, 2.75) is 97.1 Å². The predicted octanol–water partition coefficient (Wildman–Crippen LogP) is 4.96. The van der Waals surface area contributed by atoms with Crippen LogP contribution in [0.2, 0.25) is 0 Å². The van der Waals surface area contributed by atoms with Crippen LogP contribution in [0.4, 0.5) is 0 Å². The molecule has 1 saturated heterocycles. The number of Topliss-reactive ketones (excluding diaryl/α,β-unsaturated/α-hetero) is 1. The van der Waals surface area contributed by atoms with Crippen LogP contribution in [-0.2, 0) is 30.2 Å². The van der Waals surface area contributed by atoms with E-state index in [0.717, 1.165) is 31.2 Å². The average Bonchev–Trinajstić information content (AvgIpc) is 3.16. The molecule has 0 aromatic heterocycles. The summed E-state index contributed by atoms with van der Waals surface area (Å²) in [5, 5.41) is 20.6. The second kappa shape index (κ2) is 10.8. The maximum absolute atomic E-state index is 13.3. The molecular weight excluding hydrogens is 492 g/mol. The number of hydrogen-bond donors (Lipinski definition) is 2. The number of carboxylic acid groups (broad SMARTS) is 1. The molecule has 9 heteroatoms. The fourth-order valence-corrected chi connectivity index (χ4v) is 6.19. The second-order valence-electron chi connectivity index (χ2n) is 11.2. The Bertz CT molecular complexity index is 1100. The SMILES string of the molecule is CCCCC[C@H]1Cc2cc(O)c(C(=O)O)c3c2[C@@H](C[C@@]2(OC[C@H](CC(=O)[C@](C)(CC)C(=O)OC)[C@H]2C)O3)O1. The number of carboxylic acids is 1. The maximum Gasteiger partial charge on any atom is 0.343 e. The molecule has 3 aliphatic heterocycles. The molecule has 0 unspecified atom stereocenters.